The Kier molecular flexibility index (Phi) is 4.62. The van der Waals surface area contributed by atoms with E-state index in [0.29, 0.717) is 32.0 Å². The number of aliphatic imine (C=N–C) groups is 1. The molecule has 0 saturated heterocycles. The molecule has 0 spiro atoms. The van der Waals surface area contributed by atoms with Gasteiger partial charge in [0.2, 0.25) is 0 Å². The number of esters is 1. The zero-order valence-electron chi connectivity index (χ0n) is 10.8. The summed E-state index contributed by atoms with van der Waals surface area (Å²) < 4.78 is 4.82. The van der Waals surface area contributed by atoms with Crippen LogP contribution in [0.2, 0.25) is 10.0 Å². The second-order valence-corrected chi connectivity index (χ2v) is 5.99. The van der Waals surface area contributed by atoms with Gasteiger partial charge in [0.05, 0.1) is 33.7 Å². The summed E-state index contributed by atoms with van der Waals surface area (Å²) in [6, 6.07) is 5.27. The van der Waals surface area contributed by atoms with Gasteiger partial charge in [0.15, 0.2) is 5.17 Å². The second kappa shape index (κ2) is 6.08. The lowest BCUT2D eigenvalue weighted by atomic mass is 10.0. The Hall–Kier alpha value is -1.17. The number of methoxy groups -OCH3 is 1. The minimum atomic E-state index is -0.452. The van der Waals surface area contributed by atoms with Crippen molar-refractivity contribution < 1.29 is 9.53 Å². The number of rotatable bonds is 2. The maximum atomic E-state index is 12.0. The van der Waals surface area contributed by atoms with Crippen molar-refractivity contribution in [2.75, 3.05) is 7.11 Å². The Morgan fingerprint density at radius 2 is 2.15 bits per heavy atom. The smallest absolute Gasteiger partial charge is 0.337 e. The van der Waals surface area contributed by atoms with Crippen LogP contribution in [0.5, 0.6) is 0 Å². The lowest BCUT2D eigenvalue weighted by Crippen LogP contribution is -2.21. The van der Waals surface area contributed by atoms with E-state index in [2.05, 4.69) is 4.99 Å². The number of thioether (sulfide) groups is 1. The summed E-state index contributed by atoms with van der Waals surface area (Å²) in [5, 5.41) is 0.811. The zero-order valence-corrected chi connectivity index (χ0v) is 13.1. The zero-order chi connectivity index (χ0) is 14.9. The SMILES string of the molecule is COC(=O)C1=C(C)N=C(N)SC1c1cccc(Cl)c1Cl. The Morgan fingerprint density at radius 1 is 1.45 bits per heavy atom. The molecule has 106 valence electrons. The first-order valence-electron chi connectivity index (χ1n) is 5.69. The van der Waals surface area contributed by atoms with Gasteiger partial charge in [0, 0.05) is 0 Å². The molecule has 0 radical (unpaired) electrons. The van der Waals surface area contributed by atoms with Crippen LogP contribution >= 0.6 is 35.0 Å². The van der Waals surface area contributed by atoms with Crippen LogP contribution in [-0.2, 0) is 9.53 Å². The normalized spacial score (nSPS) is 18.8. The highest BCUT2D eigenvalue weighted by molar-refractivity contribution is 8.14. The van der Waals surface area contributed by atoms with Gasteiger partial charge in [-0.2, -0.15) is 0 Å². The van der Waals surface area contributed by atoms with Gasteiger partial charge < -0.3 is 10.5 Å². The summed E-state index contributed by atoms with van der Waals surface area (Å²) in [6.45, 7) is 1.71. The van der Waals surface area contributed by atoms with Gasteiger partial charge in [-0.3, -0.25) is 0 Å². The first kappa shape index (κ1) is 15.2. The minimum absolute atomic E-state index is 0.371. The first-order chi connectivity index (χ1) is 9.45. The molecular formula is C13H12Cl2N2O2S. The van der Waals surface area contributed by atoms with Gasteiger partial charge in [0.25, 0.3) is 0 Å². The summed E-state index contributed by atoms with van der Waals surface area (Å²) >= 11 is 13.5. The van der Waals surface area contributed by atoms with E-state index in [4.69, 9.17) is 33.7 Å². The molecule has 0 fully saturated rings. The Bertz CT molecular complexity index is 629. The number of nitrogens with zero attached hydrogens (tertiary/aromatic N) is 1. The monoisotopic (exact) mass is 330 g/mol. The third-order valence-electron chi connectivity index (χ3n) is 2.84. The third kappa shape index (κ3) is 2.80. The van der Waals surface area contributed by atoms with Crippen molar-refractivity contribution in [2.45, 2.75) is 12.2 Å². The standard InChI is InChI=1S/C13H12Cl2N2O2S/c1-6-9(12(18)19-2)11(20-13(16)17-6)7-4-3-5-8(14)10(7)15/h3-5,11H,1-2H3,(H2,16,17). The molecule has 0 aromatic heterocycles. The van der Waals surface area contributed by atoms with E-state index in [1.165, 1.54) is 18.9 Å². The molecule has 1 aromatic rings. The van der Waals surface area contributed by atoms with E-state index in [0.717, 1.165) is 0 Å². The highest BCUT2D eigenvalue weighted by atomic mass is 35.5. The van der Waals surface area contributed by atoms with Gasteiger partial charge in [-0.15, -0.1) is 0 Å². The molecule has 1 atom stereocenters. The number of hydrogen-bond donors (Lipinski definition) is 1. The number of amidine groups is 1. The number of ether oxygens (including phenoxy) is 1. The van der Waals surface area contributed by atoms with Crippen LogP contribution in [-0.4, -0.2) is 18.2 Å². The maximum Gasteiger partial charge on any atom is 0.337 e. The van der Waals surface area contributed by atoms with Crippen LogP contribution in [0.3, 0.4) is 0 Å². The van der Waals surface area contributed by atoms with Crippen LogP contribution < -0.4 is 5.73 Å². The third-order valence-corrected chi connectivity index (χ3v) is 4.73. The topological polar surface area (TPSA) is 64.7 Å². The molecule has 1 unspecified atom stereocenters. The average Bonchev–Trinajstić information content (AvgIpc) is 2.40. The van der Waals surface area contributed by atoms with Gasteiger partial charge in [-0.25, -0.2) is 9.79 Å². The van der Waals surface area contributed by atoms with Crippen molar-refractivity contribution in [3.8, 4) is 0 Å². The molecule has 2 N–H and O–H groups in total. The molecule has 7 heteroatoms. The molecule has 1 aliphatic heterocycles. The van der Waals surface area contributed by atoms with Crippen molar-refractivity contribution in [3.63, 3.8) is 0 Å². The fourth-order valence-electron chi connectivity index (χ4n) is 1.93. The molecule has 4 nitrogen and oxygen atoms in total. The van der Waals surface area contributed by atoms with E-state index in [9.17, 15) is 4.79 Å². The number of benzene rings is 1. The van der Waals surface area contributed by atoms with Crippen LogP contribution in [0, 0.1) is 0 Å². The van der Waals surface area contributed by atoms with E-state index in [1.54, 1.807) is 25.1 Å². The quantitative estimate of drug-likeness (QED) is 0.842. The number of nitrogens with two attached hydrogens (primary N) is 1. The van der Waals surface area contributed by atoms with Crippen molar-refractivity contribution in [1.29, 1.82) is 0 Å². The number of halogens is 2. The van der Waals surface area contributed by atoms with Crippen molar-refractivity contribution in [3.05, 3.63) is 45.1 Å². The van der Waals surface area contributed by atoms with Crippen LogP contribution in [0.1, 0.15) is 17.7 Å². The van der Waals surface area contributed by atoms with Gasteiger partial charge in [-0.05, 0) is 18.6 Å². The number of carbonyl (C=O) groups is 1. The van der Waals surface area contributed by atoms with Crippen LogP contribution in [0.4, 0.5) is 0 Å². The molecule has 2 rings (SSSR count). The molecule has 0 bridgehead atoms. The maximum absolute atomic E-state index is 12.0. The van der Waals surface area contributed by atoms with E-state index in [1.807, 2.05) is 0 Å². The van der Waals surface area contributed by atoms with Crippen molar-refractivity contribution in [2.24, 2.45) is 10.7 Å². The summed E-state index contributed by atoms with van der Waals surface area (Å²) in [6.07, 6.45) is 0. The number of hydrogen-bond acceptors (Lipinski definition) is 5. The summed E-state index contributed by atoms with van der Waals surface area (Å²) in [5.41, 5.74) is 7.45. The Balaban J connectivity index is 2.57. The predicted molar refractivity (Wildman–Crippen MR) is 83.1 cm³/mol. The Morgan fingerprint density at radius 3 is 2.80 bits per heavy atom. The molecule has 0 saturated carbocycles. The van der Waals surface area contributed by atoms with Crippen LogP contribution in [0.15, 0.2) is 34.5 Å². The second-order valence-electron chi connectivity index (χ2n) is 4.08. The summed E-state index contributed by atoms with van der Waals surface area (Å²) in [5.74, 6) is -0.452. The predicted octanol–water partition coefficient (Wildman–Crippen LogP) is 3.54. The molecule has 1 aliphatic rings. The molecule has 1 aromatic carbocycles. The molecule has 0 amide bonds. The number of allylic oxidation sites excluding steroid dienone is 1. The van der Waals surface area contributed by atoms with E-state index >= 15 is 0 Å². The summed E-state index contributed by atoms with van der Waals surface area (Å²) in [7, 11) is 1.32. The lowest BCUT2D eigenvalue weighted by molar-refractivity contribution is -0.136. The highest BCUT2D eigenvalue weighted by Crippen LogP contribution is 2.45. The van der Waals surface area contributed by atoms with Gasteiger partial charge in [0.1, 0.15) is 0 Å². The average molecular weight is 331 g/mol. The first-order valence-corrected chi connectivity index (χ1v) is 7.33. The van der Waals surface area contributed by atoms with E-state index < -0.39 is 5.97 Å². The lowest BCUT2D eigenvalue weighted by Gasteiger charge is -2.24. The minimum Gasteiger partial charge on any atom is -0.466 e. The van der Waals surface area contributed by atoms with Gasteiger partial charge >= 0.3 is 5.97 Å². The fourth-order valence-corrected chi connectivity index (χ4v) is 3.55. The van der Waals surface area contributed by atoms with Crippen LogP contribution in [0.25, 0.3) is 0 Å². The molecule has 1 heterocycles. The molecule has 20 heavy (non-hydrogen) atoms. The van der Waals surface area contributed by atoms with Crippen molar-refractivity contribution >= 4 is 46.1 Å². The number of carbonyl (C=O) groups excluding carboxylic acids is 1. The van der Waals surface area contributed by atoms with E-state index in [-0.39, 0.29) is 5.25 Å². The fraction of sp³-hybridized carbons (Fsp3) is 0.231. The Labute approximate surface area is 131 Å². The largest absolute Gasteiger partial charge is 0.466 e. The van der Waals surface area contributed by atoms with Crippen molar-refractivity contribution in [1.82, 2.24) is 0 Å². The highest BCUT2D eigenvalue weighted by Gasteiger charge is 2.32. The molecular weight excluding hydrogens is 319 g/mol. The van der Waals surface area contributed by atoms with Gasteiger partial charge in [-0.1, -0.05) is 47.1 Å². The summed E-state index contributed by atoms with van der Waals surface area (Å²) in [4.78, 5) is 16.1. The molecule has 0 aliphatic carbocycles.